The number of methoxy groups -OCH3 is 1. The summed E-state index contributed by atoms with van der Waals surface area (Å²) in [4.78, 5) is 14.2. The fourth-order valence-corrected chi connectivity index (χ4v) is 4.31. The first-order chi connectivity index (χ1) is 13.7. The summed E-state index contributed by atoms with van der Waals surface area (Å²) in [5, 5.41) is 9.98. The van der Waals surface area contributed by atoms with Gasteiger partial charge in [0.25, 0.3) is 0 Å². The Balaban J connectivity index is 1.34. The third kappa shape index (κ3) is 4.38. The zero-order chi connectivity index (χ0) is 19.3. The Morgan fingerprint density at radius 2 is 1.86 bits per heavy atom. The predicted molar refractivity (Wildman–Crippen MR) is 110 cm³/mol. The van der Waals surface area contributed by atoms with Crippen LogP contribution in [0, 0.1) is 0 Å². The lowest BCUT2D eigenvalue weighted by atomic mass is 9.93. The van der Waals surface area contributed by atoms with Crippen LogP contribution in [0.2, 0.25) is 0 Å². The minimum atomic E-state index is 0.209. The molecule has 0 amide bonds. The van der Waals surface area contributed by atoms with Crippen LogP contribution in [0.4, 0.5) is 5.95 Å². The molecule has 1 aromatic carbocycles. The lowest BCUT2D eigenvalue weighted by molar-refractivity contribution is 0.203. The molecule has 6 nitrogen and oxygen atoms in total. The van der Waals surface area contributed by atoms with Gasteiger partial charge in [0, 0.05) is 37.4 Å². The number of piperidine rings is 2. The number of nitrogens with zero attached hydrogens (tertiary/aromatic N) is 4. The van der Waals surface area contributed by atoms with Gasteiger partial charge in [0.2, 0.25) is 5.95 Å². The SMILES string of the molecule is COc1ccc(CN2CCC(c3ccnc(N4CCCCC4)n3)CC2)cc1O. The van der Waals surface area contributed by atoms with E-state index in [0.29, 0.717) is 11.7 Å². The van der Waals surface area contributed by atoms with Gasteiger partial charge in [-0.2, -0.15) is 0 Å². The van der Waals surface area contributed by atoms with E-state index in [0.717, 1.165) is 57.1 Å². The average molecular weight is 383 g/mol. The number of anilines is 1. The molecule has 2 aliphatic rings. The first-order valence-corrected chi connectivity index (χ1v) is 10.4. The van der Waals surface area contributed by atoms with Gasteiger partial charge in [0.05, 0.1) is 7.11 Å². The summed E-state index contributed by atoms with van der Waals surface area (Å²) in [7, 11) is 1.57. The molecule has 1 aromatic heterocycles. The third-order valence-electron chi connectivity index (χ3n) is 5.96. The molecule has 0 spiro atoms. The van der Waals surface area contributed by atoms with Crippen molar-refractivity contribution in [2.75, 3.05) is 38.2 Å². The van der Waals surface area contributed by atoms with Gasteiger partial charge in [0.15, 0.2) is 11.5 Å². The van der Waals surface area contributed by atoms with E-state index in [1.807, 2.05) is 18.3 Å². The Labute approximate surface area is 167 Å². The van der Waals surface area contributed by atoms with E-state index in [2.05, 4.69) is 20.9 Å². The lowest BCUT2D eigenvalue weighted by Crippen LogP contribution is -2.33. The summed E-state index contributed by atoms with van der Waals surface area (Å²) in [5.74, 6) is 2.15. The molecule has 6 heteroatoms. The van der Waals surface area contributed by atoms with Crippen molar-refractivity contribution in [2.45, 2.75) is 44.6 Å². The molecule has 28 heavy (non-hydrogen) atoms. The highest BCUT2D eigenvalue weighted by Crippen LogP contribution is 2.30. The summed E-state index contributed by atoms with van der Waals surface area (Å²) in [5.41, 5.74) is 2.31. The van der Waals surface area contributed by atoms with Gasteiger partial charge in [-0.3, -0.25) is 4.90 Å². The first kappa shape index (κ1) is 19.0. The van der Waals surface area contributed by atoms with Crippen LogP contribution in [0.1, 0.15) is 49.3 Å². The average Bonchev–Trinajstić information content (AvgIpc) is 2.75. The van der Waals surface area contributed by atoms with Crippen LogP contribution in [0.3, 0.4) is 0 Å². The highest BCUT2D eigenvalue weighted by Gasteiger charge is 2.23. The van der Waals surface area contributed by atoms with Crippen molar-refractivity contribution in [2.24, 2.45) is 0 Å². The molecule has 0 saturated carbocycles. The fraction of sp³-hybridized carbons (Fsp3) is 0.545. The predicted octanol–water partition coefficient (Wildman–Crippen LogP) is 3.56. The van der Waals surface area contributed by atoms with E-state index < -0.39 is 0 Å². The fourth-order valence-electron chi connectivity index (χ4n) is 4.31. The largest absolute Gasteiger partial charge is 0.504 e. The van der Waals surface area contributed by atoms with Gasteiger partial charge in [0.1, 0.15) is 0 Å². The number of aromatic hydroxyl groups is 1. The quantitative estimate of drug-likeness (QED) is 0.853. The summed E-state index contributed by atoms with van der Waals surface area (Å²) in [6, 6.07) is 7.76. The third-order valence-corrected chi connectivity index (χ3v) is 5.96. The van der Waals surface area contributed by atoms with Gasteiger partial charge in [-0.05, 0) is 69.0 Å². The number of likely N-dealkylation sites (tertiary alicyclic amines) is 1. The normalized spacial score (nSPS) is 19.0. The topological polar surface area (TPSA) is 61.7 Å². The molecular formula is C22H30N4O2. The maximum atomic E-state index is 9.98. The van der Waals surface area contributed by atoms with Gasteiger partial charge in [-0.25, -0.2) is 9.97 Å². The molecule has 0 atom stereocenters. The second kappa shape index (κ2) is 8.78. The number of benzene rings is 1. The van der Waals surface area contributed by atoms with Crippen molar-refractivity contribution < 1.29 is 9.84 Å². The minimum absolute atomic E-state index is 0.209. The second-order valence-electron chi connectivity index (χ2n) is 7.89. The summed E-state index contributed by atoms with van der Waals surface area (Å²) >= 11 is 0. The Kier molecular flexibility index (Phi) is 5.95. The lowest BCUT2D eigenvalue weighted by Gasteiger charge is -2.32. The molecule has 2 saturated heterocycles. The van der Waals surface area contributed by atoms with Crippen LogP contribution in [0.15, 0.2) is 30.5 Å². The maximum Gasteiger partial charge on any atom is 0.225 e. The molecule has 2 aliphatic heterocycles. The van der Waals surface area contributed by atoms with Gasteiger partial charge >= 0.3 is 0 Å². The van der Waals surface area contributed by atoms with E-state index in [1.165, 1.54) is 25.0 Å². The smallest absolute Gasteiger partial charge is 0.225 e. The van der Waals surface area contributed by atoms with Crippen molar-refractivity contribution >= 4 is 5.95 Å². The van der Waals surface area contributed by atoms with E-state index in [9.17, 15) is 5.11 Å². The van der Waals surface area contributed by atoms with Crippen molar-refractivity contribution in [3.63, 3.8) is 0 Å². The Hall–Kier alpha value is -2.34. The standard InChI is InChI=1S/C22H30N4O2/c1-28-21-6-5-17(15-20(21)27)16-25-13-8-18(9-14-25)19-7-10-23-22(24-19)26-11-3-2-4-12-26/h5-7,10,15,18,27H,2-4,8-9,11-14,16H2,1H3. The van der Waals surface area contributed by atoms with E-state index in [-0.39, 0.29) is 5.75 Å². The maximum absolute atomic E-state index is 9.98. The molecule has 0 aliphatic carbocycles. The van der Waals surface area contributed by atoms with Crippen LogP contribution in [0.25, 0.3) is 0 Å². The number of aromatic nitrogens is 2. The molecular weight excluding hydrogens is 352 g/mol. The zero-order valence-corrected chi connectivity index (χ0v) is 16.7. The Morgan fingerprint density at radius 3 is 2.57 bits per heavy atom. The number of hydrogen-bond acceptors (Lipinski definition) is 6. The summed E-state index contributed by atoms with van der Waals surface area (Å²) in [6.45, 7) is 5.10. The molecule has 0 radical (unpaired) electrons. The zero-order valence-electron chi connectivity index (χ0n) is 16.7. The van der Waals surface area contributed by atoms with Crippen LogP contribution in [-0.4, -0.2) is 53.3 Å². The van der Waals surface area contributed by atoms with Crippen molar-refractivity contribution in [1.29, 1.82) is 0 Å². The molecule has 1 N–H and O–H groups in total. The van der Waals surface area contributed by atoms with E-state index in [1.54, 1.807) is 13.2 Å². The number of phenolic OH excluding ortho intramolecular Hbond substituents is 1. The monoisotopic (exact) mass is 382 g/mol. The highest BCUT2D eigenvalue weighted by atomic mass is 16.5. The number of phenols is 1. The molecule has 150 valence electrons. The van der Waals surface area contributed by atoms with Crippen LogP contribution in [0.5, 0.6) is 11.5 Å². The molecule has 0 bridgehead atoms. The molecule has 2 fully saturated rings. The summed E-state index contributed by atoms with van der Waals surface area (Å²) in [6.07, 6.45) is 7.95. The van der Waals surface area contributed by atoms with E-state index >= 15 is 0 Å². The van der Waals surface area contributed by atoms with E-state index in [4.69, 9.17) is 9.72 Å². The molecule has 2 aromatic rings. The summed E-state index contributed by atoms with van der Waals surface area (Å²) < 4.78 is 5.13. The van der Waals surface area contributed by atoms with Crippen LogP contribution >= 0.6 is 0 Å². The molecule has 0 unspecified atom stereocenters. The first-order valence-electron chi connectivity index (χ1n) is 10.4. The van der Waals surface area contributed by atoms with Gasteiger partial charge in [-0.15, -0.1) is 0 Å². The van der Waals surface area contributed by atoms with Crippen molar-refractivity contribution in [1.82, 2.24) is 14.9 Å². The molecule has 3 heterocycles. The number of rotatable bonds is 5. The van der Waals surface area contributed by atoms with Crippen LogP contribution in [-0.2, 0) is 6.54 Å². The Bertz CT molecular complexity index is 784. The van der Waals surface area contributed by atoms with Crippen molar-refractivity contribution in [3.8, 4) is 11.5 Å². The second-order valence-corrected chi connectivity index (χ2v) is 7.89. The highest BCUT2D eigenvalue weighted by molar-refractivity contribution is 5.41. The van der Waals surface area contributed by atoms with Gasteiger partial charge < -0.3 is 14.7 Å². The van der Waals surface area contributed by atoms with Gasteiger partial charge in [-0.1, -0.05) is 6.07 Å². The minimum Gasteiger partial charge on any atom is -0.504 e. The van der Waals surface area contributed by atoms with Crippen LogP contribution < -0.4 is 9.64 Å². The Morgan fingerprint density at radius 1 is 1.07 bits per heavy atom. The number of hydrogen-bond donors (Lipinski definition) is 1. The molecule has 4 rings (SSSR count). The van der Waals surface area contributed by atoms with Crippen molar-refractivity contribution in [3.05, 3.63) is 41.7 Å². The number of ether oxygens (including phenoxy) is 1.